The van der Waals surface area contributed by atoms with Crippen molar-refractivity contribution in [1.29, 1.82) is 0 Å². The van der Waals surface area contributed by atoms with Crippen LogP contribution < -0.4 is 11.1 Å². The number of likely N-dealkylation sites (tertiary alicyclic amines) is 1. The second-order valence-electron chi connectivity index (χ2n) is 7.64. The van der Waals surface area contributed by atoms with Gasteiger partial charge in [0, 0.05) is 25.0 Å². The van der Waals surface area contributed by atoms with Gasteiger partial charge in [-0.25, -0.2) is 0 Å². The normalized spacial score (nSPS) is 32.8. The van der Waals surface area contributed by atoms with Crippen molar-refractivity contribution in [2.24, 2.45) is 29.4 Å². The van der Waals surface area contributed by atoms with Gasteiger partial charge in [-0.2, -0.15) is 0 Å². The van der Waals surface area contributed by atoms with Gasteiger partial charge >= 0.3 is 0 Å². The van der Waals surface area contributed by atoms with Gasteiger partial charge in [-0.1, -0.05) is 12.2 Å². The van der Waals surface area contributed by atoms with Crippen LogP contribution in [0.3, 0.4) is 0 Å². The third kappa shape index (κ3) is 3.44. The molecule has 5 atom stereocenters. The lowest BCUT2D eigenvalue weighted by Crippen LogP contribution is -2.49. The summed E-state index contributed by atoms with van der Waals surface area (Å²) in [6.45, 7) is 5.35. The zero-order valence-corrected chi connectivity index (χ0v) is 14.2. The average molecular weight is 319 g/mol. The van der Waals surface area contributed by atoms with E-state index in [0.717, 1.165) is 38.8 Å². The molecular formula is C18H29N3O2. The van der Waals surface area contributed by atoms with E-state index in [9.17, 15) is 9.59 Å². The minimum absolute atomic E-state index is 0.0360. The fourth-order valence-electron chi connectivity index (χ4n) is 4.44. The van der Waals surface area contributed by atoms with E-state index in [0.29, 0.717) is 17.8 Å². The van der Waals surface area contributed by atoms with Crippen LogP contribution in [-0.2, 0) is 9.59 Å². The summed E-state index contributed by atoms with van der Waals surface area (Å²) in [4.78, 5) is 26.3. The number of fused-ring (bicyclic) bond motifs is 2. The molecule has 0 spiro atoms. The number of nitrogens with one attached hydrogen (secondary N) is 1. The first-order valence-electron chi connectivity index (χ1n) is 8.98. The van der Waals surface area contributed by atoms with Gasteiger partial charge < -0.3 is 16.0 Å². The molecule has 1 saturated heterocycles. The van der Waals surface area contributed by atoms with Crippen molar-refractivity contribution in [3.8, 4) is 0 Å². The molecule has 23 heavy (non-hydrogen) atoms. The van der Waals surface area contributed by atoms with Crippen molar-refractivity contribution in [2.45, 2.75) is 51.6 Å². The number of allylic oxidation sites excluding steroid dienone is 2. The van der Waals surface area contributed by atoms with Gasteiger partial charge in [-0.15, -0.1) is 0 Å². The Labute approximate surface area is 138 Å². The van der Waals surface area contributed by atoms with E-state index in [4.69, 9.17) is 5.73 Å². The smallest absolute Gasteiger partial charge is 0.239 e. The Morgan fingerprint density at radius 3 is 2.39 bits per heavy atom. The van der Waals surface area contributed by atoms with Crippen molar-refractivity contribution in [1.82, 2.24) is 10.2 Å². The third-order valence-electron chi connectivity index (χ3n) is 5.93. The standard InChI is InChI=1S/C18H29N3O2/c1-11(19)18(23)21-7-5-14(6-8-21)12(2)20-17(22)16-10-13-3-4-15(16)9-13/h3-4,11-16H,5-10,19H2,1-2H3,(H,20,22)/t11-,12?,13+,15-,16?/m0/s1. The van der Waals surface area contributed by atoms with Crippen LogP contribution in [0.5, 0.6) is 0 Å². The second kappa shape index (κ2) is 6.63. The molecule has 1 saturated carbocycles. The molecule has 0 aromatic rings. The van der Waals surface area contributed by atoms with Gasteiger partial charge in [-0.3, -0.25) is 9.59 Å². The van der Waals surface area contributed by atoms with Gasteiger partial charge in [0.15, 0.2) is 0 Å². The molecule has 5 nitrogen and oxygen atoms in total. The Kier molecular flexibility index (Phi) is 4.76. The first kappa shape index (κ1) is 16.5. The van der Waals surface area contributed by atoms with Gasteiger partial charge in [0.2, 0.25) is 11.8 Å². The van der Waals surface area contributed by atoms with Crippen LogP contribution in [-0.4, -0.2) is 41.9 Å². The molecule has 0 aromatic carbocycles. The van der Waals surface area contributed by atoms with Crippen LogP contribution in [0.1, 0.15) is 39.5 Å². The minimum atomic E-state index is -0.422. The van der Waals surface area contributed by atoms with Gasteiger partial charge in [0.25, 0.3) is 0 Å². The maximum absolute atomic E-state index is 12.5. The Bertz CT molecular complexity index is 494. The monoisotopic (exact) mass is 319 g/mol. The van der Waals surface area contributed by atoms with Gasteiger partial charge in [-0.05, 0) is 57.3 Å². The lowest BCUT2D eigenvalue weighted by atomic mass is 9.88. The number of nitrogens with zero attached hydrogens (tertiary/aromatic N) is 1. The van der Waals surface area contributed by atoms with Crippen LogP contribution >= 0.6 is 0 Å². The summed E-state index contributed by atoms with van der Waals surface area (Å²) in [6, 6.07) is -0.243. The zero-order chi connectivity index (χ0) is 16.6. The van der Waals surface area contributed by atoms with E-state index in [1.807, 2.05) is 4.90 Å². The highest BCUT2D eigenvalue weighted by molar-refractivity contribution is 5.81. The average Bonchev–Trinajstić information content (AvgIpc) is 3.17. The molecule has 2 fully saturated rings. The van der Waals surface area contributed by atoms with E-state index < -0.39 is 6.04 Å². The van der Waals surface area contributed by atoms with Crippen molar-refractivity contribution < 1.29 is 9.59 Å². The predicted molar refractivity (Wildman–Crippen MR) is 89.4 cm³/mol. The van der Waals surface area contributed by atoms with E-state index in [1.54, 1.807) is 6.92 Å². The van der Waals surface area contributed by atoms with E-state index in [2.05, 4.69) is 24.4 Å². The first-order valence-corrected chi connectivity index (χ1v) is 8.98. The Morgan fingerprint density at radius 2 is 1.87 bits per heavy atom. The number of hydrogen-bond donors (Lipinski definition) is 2. The van der Waals surface area contributed by atoms with Crippen LogP contribution in [0.15, 0.2) is 12.2 Å². The van der Waals surface area contributed by atoms with Crippen LogP contribution in [0, 0.1) is 23.7 Å². The minimum Gasteiger partial charge on any atom is -0.353 e. The number of piperidine rings is 1. The molecule has 0 aromatic heterocycles. The summed E-state index contributed by atoms with van der Waals surface area (Å²) in [6.07, 6.45) is 8.54. The molecule has 5 heteroatoms. The maximum Gasteiger partial charge on any atom is 0.239 e. The number of hydrogen-bond acceptors (Lipinski definition) is 3. The van der Waals surface area contributed by atoms with Gasteiger partial charge in [0.1, 0.15) is 0 Å². The number of amides is 2. The predicted octanol–water partition coefficient (Wildman–Crippen LogP) is 1.29. The Hall–Kier alpha value is -1.36. The number of carbonyl (C=O) groups excluding carboxylic acids is 2. The van der Waals surface area contributed by atoms with Crippen LogP contribution in [0.4, 0.5) is 0 Å². The SMILES string of the molecule is CC(NC(=O)C1C[C@@H]2C=C[C@H]1C2)C1CCN(C(=O)[C@H](C)N)CC1. The highest BCUT2D eigenvalue weighted by atomic mass is 16.2. The molecular weight excluding hydrogens is 290 g/mol. The van der Waals surface area contributed by atoms with E-state index in [1.165, 1.54) is 0 Å². The molecule has 2 aliphatic carbocycles. The summed E-state index contributed by atoms with van der Waals surface area (Å²) in [5.74, 6) is 1.96. The molecule has 2 bridgehead atoms. The third-order valence-corrected chi connectivity index (χ3v) is 5.93. The van der Waals surface area contributed by atoms with Crippen molar-refractivity contribution in [2.75, 3.05) is 13.1 Å². The van der Waals surface area contributed by atoms with Crippen molar-refractivity contribution >= 4 is 11.8 Å². The van der Waals surface area contributed by atoms with Crippen molar-refractivity contribution in [3.05, 3.63) is 12.2 Å². The van der Waals surface area contributed by atoms with Crippen LogP contribution in [0.25, 0.3) is 0 Å². The summed E-state index contributed by atoms with van der Waals surface area (Å²) in [5.41, 5.74) is 5.67. The summed E-state index contributed by atoms with van der Waals surface area (Å²) in [7, 11) is 0. The van der Waals surface area contributed by atoms with E-state index >= 15 is 0 Å². The lowest BCUT2D eigenvalue weighted by Gasteiger charge is -2.36. The number of rotatable bonds is 4. The number of carbonyl (C=O) groups is 2. The Balaban J connectivity index is 1.46. The first-order chi connectivity index (χ1) is 11.0. The molecule has 2 unspecified atom stereocenters. The summed E-state index contributed by atoms with van der Waals surface area (Å²) >= 11 is 0. The quantitative estimate of drug-likeness (QED) is 0.767. The summed E-state index contributed by atoms with van der Waals surface area (Å²) in [5, 5.41) is 3.24. The topological polar surface area (TPSA) is 75.4 Å². The molecule has 1 heterocycles. The molecule has 3 N–H and O–H groups in total. The maximum atomic E-state index is 12.5. The largest absolute Gasteiger partial charge is 0.353 e. The summed E-state index contributed by atoms with van der Waals surface area (Å²) < 4.78 is 0. The lowest BCUT2D eigenvalue weighted by molar-refractivity contribution is -0.134. The second-order valence-corrected chi connectivity index (χ2v) is 7.64. The molecule has 2 amide bonds. The fraction of sp³-hybridized carbons (Fsp3) is 0.778. The van der Waals surface area contributed by atoms with Gasteiger partial charge in [0.05, 0.1) is 6.04 Å². The van der Waals surface area contributed by atoms with E-state index in [-0.39, 0.29) is 23.8 Å². The molecule has 128 valence electrons. The molecule has 3 aliphatic rings. The van der Waals surface area contributed by atoms with Crippen molar-refractivity contribution in [3.63, 3.8) is 0 Å². The zero-order valence-electron chi connectivity index (χ0n) is 14.2. The molecule has 3 rings (SSSR count). The highest BCUT2D eigenvalue weighted by Gasteiger charge is 2.40. The Morgan fingerprint density at radius 1 is 1.17 bits per heavy atom. The molecule has 0 radical (unpaired) electrons. The number of nitrogens with two attached hydrogens (primary N) is 1. The molecule has 1 aliphatic heterocycles. The van der Waals surface area contributed by atoms with Crippen LogP contribution in [0.2, 0.25) is 0 Å². The fourth-order valence-corrected chi connectivity index (χ4v) is 4.44. The highest BCUT2D eigenvalue weighted by Crippen LogP contribution is 2.43.